The molecule has 11 heavy (non-hydrogen) atoms. The number of rotatable bonds is 4. The predicted molar refractivity (Wildman–Crippen MR) is 39.1 cm³/mol. The third kappa shape index (κ3) is 5.91. The Morgan fingerprint density at radius 3 is 2.64 bits per heavy atom. The van der Waals surface area contributed by atoms with Crippen LogP contribution < -0.4 is 0 Å². The lowest BCUT2D eigenvalue weighted by atomic mass is 10.5. The molecule has 1 amide bonds. The summed E-state index contributed by atoms with van der Waals surface area (Å²) in [7, 11) is -0.945. The third-order valence-corrected chi connectivity index (χ3v) is 1.57. The lowest BCUT2D eigenvalue weighted by Gasteiger charge is -2.11. The van der Waals surface area contributed by atoms with Crippen LogP contribution in [0.3, 0.4) is 0 Å². The molecule has 0 aromatic rings. The van der Waals surface area contributed by atoms with Gasteiger partial charge in [-0.1, -0.05) is 0 Å². The van der Waals surface area contributed by atoms with Gasteiger partial charge in [-0.3, -0.25) is 4.79 Å². The van der Waals surface area contributed by atoms with E-state index in [1.54, 1.807) is 7.05 Å². The van der Waals surface area contributed by atoms with Gasteiger partial charge in [-0.15, -0.1) is 9.42 Å². The fourth-order valence-electron chi connectivity index (χ4n) is 0.413. The smallest absolute Gasteiger partial charge is 0.343 e. The van der Waals surface area contributed by atoms with Crippen LogP contribution in [0.15, 0.2) is 0 Å². The fraction of sp³-hybridized carbons (Fsp3) is 0.800. The van der Waals surface area contributed by atoms with Gasteiger partial charge in [0.25, 0.3) is 0 Å². The molecule has 5 nitrogen and oxygen atoms in total. The maximum absolute atomic E-state index is 10.6. The van der Waals surface area contributed by atoms with Gasteiger partial charge in [0.05, 0.1) is 0 Å². The number of nitrogens with zero attached hydrogens (tertiary/aromatic N) is 1. The average molecular weight is 180 g/mol. The van der Waals surface area contributed by atoms with Crippen molar-refractivity contribution in [3.8, 4) is 0 Å². The summed E-state index contributed by atoms with van der Waals surface area (Å²) in [6.45, 7) is 1.83. The van der Waals surface area contributed by atoms with E-state index in [4.69, 9.17) is 4.89 Å². The molecule has 0 radical (unpaired) electrons. The number of hydrogen-bond acceptors (Lipinski definition) is 3. The Morgan fingerprint density at radius 2 is 2.27 bits per heavy atom. The van der Waals surface area contributed by atoms with Crippen molar-refractivity contribution in [3.63, 3.8) is 0 Å². The van der Waals surface area contributed by atoms with Crippen molar-refractivity contribution < 1.29 is 18.8 Å². The Morgan fingerprint density at radius 1 is 1.73 bits per heavy atom. The molecule has 0 aromatic heterocycles. The molecule has 0 aliphatic rings. The van der Waals surface area contributed by atoms with E-state index < -0.39 is 8.25 Å². The average Bonchev–Trinajstić information content (AvgIpc) is 1.86. The summed E-state index contributed by atoms with van der Waals surface area (Å²) in [5.41, 5.74) is 0. The largest absolute Gasteiger partial charge is 0.694 e. The minimum Gasteiger partial charge on any atom is -0.343 e. The van der Waals surface area contributed by atoms with Gasteiger partial charge in [-0.05, 0) is 0 Å². The first-order valence-electron chi connectivity index (χ1n) is 3.04. The normalized spacial score (nSPS) is 11.0. The van der Waals surface area contributed by atoms with Gasteiger partial charge in [0.15, 0.2) is 0 Å². The molecule has 0 saturated heterocycles. The highest BCUT2D eigenvalue weighted by molar-refractivity contribution is 7.32. The van der Waals surface area contributed by atoms with E-state index in [-0.39, 0.29) is 12.5 Å². The fourth-order valence-corrected chi connectivity index (χ4v) is 0.651. The Hall–Kier alpha value is -0.510. The first-order chi connectivity index (χ1) is 5.04. The molecular weight excluding hydrogens is 169 g/mol. The second-order valence-corrected chi connectivity index (χ2v) is 2.75. The van der Waals surface area contributed by atoms with E-state index in [1.165, 1.54) is 11.8 Å². The molecule has 0 heterocycles. The van der Waals surface area contributed by atoms with Crippen molar-refractivity contribution >= 4 is 14.2 Å². The number of carbonyl (C=O) groups excluding carboxylic acids is 1. The highest BCUT2D eigenvalue weighted by Crippen LogP contribution is 2.13. The Bertz CT molecular complexity index is 161. The van der Waals surface area contributed by atoms with Crippen LogP contribution in [0.4, 0.5) is 0 Å². The minimum atomic E-state index is -2.54. The van der Waals surface area contributed by atoms with Crippen LogP contribution in [-0.2, 0) is 13.9 Å². The lowest BCUT2D eigenvalue weighted by Crippen LogP contribution is -2.27. The van der Waals surface area contributed by atoms with Gasteiger partial charge in [0.2, 0.25) is 5.91 Å². The maximum atomic E-state index is 10.6. The van der Waals surface area contributed by atoms with Crippen molar-refractivity contribution in [2.75, 3.05) is 20.2 Å². The van der Waals surface area contributed by atoms with Gasteiger partial charge in [0.1, 0.15) is 6.61 Å². The van der Waals surface area contributed by atoms with Crippen molar-refractivity contribution in [1.29, 1.82) is 0 Å². The quantitative estimate of drug-likeness (QED) is 0.624. The van der Waals surface area contributed by atoms with E-state index in [0.717, 1.165) is 0 Å². The first-order valence-corrected chi connectivity index (χ1v) is 4.18. The molecule has 0 saturated carbocycles. The molecule has 1 unspecified atom stereocenters. The van der Waals surface area contributed by atoms with Crippen molar-refractivity contribution in [3.05, 3.63) is 0 Å². The van der Waals surface area contributed by atoms with Crippen LogP contribution in [0.1, 0.15) is 6.92 Å². The van der Waals surface area contributed by atoms with Crippen LogP contribution in [-0.4, -0.2) is 35.9 Å². The molecule has 0 spiro atoms. The molecule has 1 N–H and O–H groups in total. The zero-order chi connectivity index (χ0) is 8.85. The number of carbonyl (C=O) groups is 1. The van der Waals surface area contributed by atoms with Gasteiger partial charge >= 0.3 is 8.25 Å². The van der Waals surface area contributed by atoms with Gasteiger partial charge in [-0.2, -0.15) is 0 Å². The SMILES string of the molecule is CC(=O)N(C)CCO[P+](=O)O. The second kappa shape index (κ2) is 5.18. The summed E-state index contributed by atoms with van der Waals surface area (Å²) < 4.78 is 14.3. The van der Waals surface area contributed by atoms with Crippen molar-refractivity contribution in [1.82, 2.24) is 4.90 Å². The summed E-state index contributed by atoms with van der Waals surface area (Å²) >= 11 is 0. The summed E-state index contributed by atoms with van der Waals surface area (Å²) in [6, 6.07) is 0. The van der Waals surface area contributed by atoms with Crippen molar-refractivity contribution in [2.45, 2.75) is 6.92 Å². The van der Waals surface area contributed by atoms with Gasteiger partial charge in [-0.25, -0.2) is 0 Å². The van der Waals surface area contributed by atoms with Crippen LogP contribution in [0.2, 0.25) is 0 Å². The highest BCUT2D eigenvalue weighted by Gasteiger charge is 2.12. The number of hydrogen-bond donors (Lipinski definition) is 1. The Labute approximate surface area is 65.9 Å². The number of amides is 1. The predicted octanol–water partition coefficient (Wildman–Crippen LogP) is 0.131. The molecule has 64 valence electrons. The molecule has 1 atom stereocenters. The zero-order valence-electron chi connectivity index (χ0n) is 6.48. The second-order valence-electron chi connectivity index (χ2n) is 2.01. The van der Waals surface area contributed by atoms with E-state index in [1.807, 2.05) is 0 Å². The first kappa shape index (κ1) is 10.5. The summed E-state index contributed by atoms with van der Waals surface area (Å²) in [6.07, 6.45) is 0. The van der Waals surface area contributed by atoms with E-state index >= 15 is 0 Å². The molecule has 6 heteroatoms. The lowest BCUT2D eigenvalue weighted by molar-refractivity contribution is -0.127. The molecule has 0 aliphatic carbocycles. The van der Waals surface area contributed by atoms with E-state index in [2.05, 4.69) is 4.52 Å². The van der Waals surface area contributed by atoms with Gasteiger partial charge in [0, 0.05) is 25.1 Å². The van der Waals surface area contributed by atoms with Crippen LogP contribution in [0.5, 0.6) is 0 Å². The highest BCUT2D eigenvalue weighted by atomic mass is 31.1. The van der Waals surface area contributed by atoms with Crippen LogP contribution >= 0.6 is 8.25 Å². The summed E-state index contributed by atoms with van der Waals surface area (Å²) in [4.78, 5) is 20.1. The maximum Gasteiger partial charge on any atom is 0.694 e. The molecule has 0 aromatic carbocycles. The molecule has 0 rings (SSSR count). The Kier molecular flexibility index (Phi) is 4.94. The summed E-state index contributed by atoms with van der Waals surface area (Å²) in [5.74, 6) is -0.0956. The van der Waals surface area contributed by atoms with Crippen molar-refractivity contribution in [2.24, 2.45) is 0 Å². The molecule has 0 bridgehead atoms. The number of likely N-dealkylation sites (N-methyl/N-ethyl adjacent to an activating group) is 1. The van der Waals surface area contributed by atoms with E-state index in [9.17, 15) is 9.36 Å². The third-order valence-electron chi connectivity index (χ3n) is 1.17. The van der Waals surface area contributed by atoms with Gasteiger partial charge < -0.3 is 4.90 Å². The minimum absolute atomic E-state index is 0.0851. The zero-order valence-corrected chi connectivity index (χ0v) is 7.38. The topological polar surface area (TPSA) is 66.8 Å². The van der Waals surface area contributed by atoms with Crippen LogP contribution in [0, 0.1) is 0 Å². The monoisotopic (exact) mass is 180 g/mol. The Balaban J connectivity index is 3.39. The van der Waals surface area contributed by atoms with E-state index in [0.29, 0.717) is 6.54 Å². The molecule has 0 fully saturated rings. The summed E-state index contributed by atoms with van der Waals surface area (Å²) in [5, 5.41) is 0. The molecular formula is C5H11NO4P+. The van der Waals surface area contributed by atoms with Crippen LogP contribution in [0.25, 0.3) is 0 Å². The molecule has 0 aliphatic heterocycles. The standard InChI is InChI=1S/C5H10NO4P/c1-5(7)6(2)3-4-10-11(8)9/h3-4H2,1-2H3/p+1.